The fourth-order valence-corrected chi connectivity index (χ4v) is 5.97. The monoisotopic (exact) mass is 579 g/mol. The lowest BCUT2D eigenvalue weighted by atomic mass is 10.1. The Bertz CT molecular complexity index is 1410. The van der Waals surface area contributed by atoms with E-state index >= 15 is 0 Å². The van der Waals surface area contributed by atoms with Crippen LogP contribution in [0.4, 0.5) is 5.69 Å². The second-order valence-corrected chi connectivity index (χ2v) is 11.9. The number of hydrogen-bond donors (Lipinski definition) is 1. The fraction of sp³-hybridized carbons (Fsp3) is 0.375. The van der Waals surface area contributed by atoms with Crippen LogP contribution in [0.1, 0.15) is 49.8 Å². The summed E-state index contributed by atoms with van der Waals surface area (Å²) in [5.74, 6) is -0.435. The number of nitrogens with one attached hydrogen (secondary N) is 1. The normalized spacial score (nSPS) is 11.9. The average Bonchev–Trinajstić information content (AvgIpc) is 2.96. The van der Waals surface area contributed by atoms with Crippen molar-refractivity contribution >= 4 is 27.5 Å². The number of carbonyl (C=O) groups excluding carboxylic acids is 2. The van der Waals surface area contributed by atoms with Crippen LogP contribution in [0.25, 0.3) is 0 Å². The first-order chi connectivity index (χ1) is 19.6. The third-order valence-electron chi connectivity index (χ3n) is 6.90. The summed E-state index contributed by atoms with van der Waals surface area (Å²) in [5, 5.41) is 2.94. The van der Waals surface area contributed by atoms with Crippen molar-refractivity contribution in [3.63, 3.8) is 0 Å². The maximum atomic E-state index is 14.2. The molecular formula is C32H41N3O5S. The second kappa shape index (κ2) is 14.7. The number of methoxy groups -OCH3 is 1. The van der Waals surface area contributed by atoms with Crippen LogP contribution in [-0.2, 0) is 26.2 Å². The van der Waals surface area contributed by atoms with E-state index in [2.05, 4.69) is 5.32 Å². The molecule has 0 bridgehead atoms. The van der Waals surface area contributed by atoms with E-state index in [0.29, 0.717) is 18.7 Å². The molecule has 0 unspecified atom stereocenters. The van der Waals surface area contributed by atoms with Crippen LogP contribution in [0, 0.1) is 13.8 Å². The number of unbranched alkanes of at least 4 members (excludes halogenated alkanes) is 1. The van der Waals surface area contributed by atoms with Crippen LogP contribution in [0.15, 0.2) is 77.7 Å². The summed E-state index contributed by atoms with van der Waals surface area (Å²) in [6, 6.07) is 20.3. The molecule has 0 aromatic heterocycles. The van der Waals surface area contributed by atoms with Gasteiger partial charge in [0.2, 0.25) is 11.8 Å². The second-order valence-electron chi connectivity index (χ2n) is 10.1. The maximum absolute atomic E-state index is 14.2. The van der Waals surface area contributed by atoms with Gasteiger partial charge in [-0.15, -0.1) is 0 Å². The highest BCUT2D eigenvalue weighted by Crippen LogP contribution is 2.34. The van der Waals surface area contributed by atoms with E-state index in [1.807, 2.05) is 64.1 Å². The quantitative estimate of drug-likeness (QED) is 0.264. The molecule has 0 fully saturated rings. The summed E-state index contributed by atoms with van der Waals surface area (Å²) in [6.45, 7) is 7.76. The number of anilines is 1. The van der Waals surface area contributed by atoms with Crippen LogP contribution in [0.3, 0.4) is 0 Å². The molecule has 3 rings (SSSR count). The van der Waals surface area contributed by atoms with Gasteiger partial charge in [0.25, 0.3) is 10.0 Å². The summed E-state index contributed by atoms with van der Waals surface area (Å²) in [7, 11) is -2.73. The van der Waals surface area contributed by atoms with Crippen molar-refractivity contribution in [1.82, 2.24) is 10.2 Å². The van der Waals surface area contributed by atoms with Gasteiger partial charge in [-0.25, -0.2) is 8.42 Å². The molecular weight excluding hydrogens is 538 g/mol. The summed E-state index contributed by atoms with van der Waals surface area (Å²) in [5.41, 5.74) is 2.80. The van der Waals surface area contributed by atoms with Crippen LogP contribution in [0.5, 0.6) is 5.75 Å². The molecule has 0 aliphatic heterocycles. The minimum Gasteiger partial charge on any atom is -0.495 e. The number of rotatable bonds is 14. The molecule has 220 valence electrons. The predicted molar refractivity (Wildman–Crippen MR) is 162 cm³/mol. The highest BCUT2D eigenvalue weighted by molar-refractivity contribution is 7.92. The SMILES string of the molecule is CCCCNC(=O)[C@H](CC)N(Cc1ccccc1)C(=O)CN(c1cc(C)ccc1OC)S(=O)(=O)c1ccc(C)cc1. The number of ether oxygens (including phenoxy) is 1. The molecule has 1 atom stereocenters. The Labute approximate surface area is 244 Å². The molecule has 0 aliphatic rings. The van der Waals surface area contributed by atoms with Crippen molar-refractivity contribution < 1.29 is 22.7 Å². The topological polar surface area (TPSA) is 96.0 Å². The van der Waals surface area contributed by atoms with Crippen molar-refractivity contribution in [2.45, 2.75) is 64.4 Å². The van der Waals surface area contributed by atoms with Gasteiger partial charge in [-0.1, -0.05) is 74.4 Å². The Morgan fingerprint density at radius 1 is 0.927 bits per heavy atom. The van der Waals surface area contributed by atoms with Gasteiger partial charge in [0.05, 0.1) is 17.7 Å². The van der Waals surface area contributed by atoms with Gasteiger partial charge in [0, 0.05) is 13.1 Å². The van der Waals surface area contributed by atoms with Crippen LogP contribution in [-0.4, -0.2) is 51.4 Å². The Kier molecular flexibility index (Phi) is 11.3. The smallest absolute Gasteiger partial charge is 0.264 e. The lowest BCUT2D eigenvalue weighted by Gasteiger charge is -2.33. The van der Waals surface area contributed by atoms with Crippen LogP contribution in [0.2, 0.25) is 0 Å². The van der Waals surface area contributed by atoms with E-state index < -0.39 is 28.5 Å². The van der Waals surface area contributed by atoms with Gasteiger partial charge in [-0.3, -0.25) is 13.9 Å². The third kappa shape index (κ3) is 8.10. The van der Waals surface area contributed by atoms with Gasteiger partial charge in [0.15, 0.2) is 0 Å². The van der Waals surface area contributed by atoms with Crippen molar-refractivity contribution in [2.24, 2.45) is 0 Å². The number of hydrogen-bond acceptors (Lipinski definition) is 5. The molecule has 0 radical (unpaired) electrons. The van der Waals surface area contributed by atoms with Crippen molar-refractivity contribution in [1.29, 1.82) is 0 Å². The summed E-state index contributed by atoms with van der Waals surface area (Å²) in [6.07, 6.45) is 2.12. The Morgan fingerprint density at radius 2 is 1.59 bits per heavy atom. The molecule has 3 aromatic carbocycles. The van der Waals surface area contributed by atoms with E-state index in [0.717, 1.165) is 33.8 Å². The predicted octanol–water partition coefficient (Wildman–Crippen LogP) is 5.23. The molecule has 0 aliphatic carbocycles. The number of aryl methyl sites for hydroxylation is 2. The average molecular weight is 580 g/mol. The Morgan fingerprint density at radius 3 is 2.20 bits per heavy atom. The first-order valence-corrected chi connectivity index (χ1v) is 15.4. The minimum atomic E-state index is -4.19. The third-order valence-corrected chi connectivity index (χ3v) is 8.68. The number of benzene rings is 3. The zero-order valence-electron chi connectivity index (χ0n) is 24.6. The van der Waals surface area contributed by atoms with E-state index in [-0.39, 0.29) is 23.0 Å². The molecule has 1 N–H and O–H groups in total. The number of amides is 2. The van der Waals surface area contributed by atoms with Crippen molar-refractivity contribution in [2.75, 3.05) is 24.5 Å². The summed E-state index contributed by atoms with van der Waals surface area (Å²) >= 11 is 0. The highest BCUT2D eigenvalue weighted by atomic mass is 32.2. The lowest BCUT2D eigenvalue weighted by molar-refractivity contribution is -0.140. The molecule has 0 saturated heterocycles. The largest absolute Gasteiger partial charge is 0.495 e. The van der Waals surface area contributed by atoms with E-state index in [1.165, 1.54) is 24.1 Å². The molecule has 0 heterocycles. The van der Waals surface area contributed by atoms with Crippen molar-refractivity contribution in [3.8, 4) is 5.75 Å². The van der Waals surface area contributed by atoms with Gasteiger partial charge in [-0.05, 0) is 62.1 Å². The van der Waals surface area contributed by atoms with Gasteiger partial charge in [0.1, 0.15) is 18.3 Å². The number of sulfonamides is 1. The number of carbonyl (C=O) groups is 2. The van der Waals surface area contributed by atoms with E-state index in [1.54, 1.807) is 24.3 Å². The van der Waals surface area contributed by atoms with E-state index in [4.69, 9.17) is 4.74 Å². The van der Waals surface area contributed by atoms with Gasteiger partial charge in [-0.2, -0.15) is 0 Å². The summed E-state index contributed by atoms with van der Waals surface area (Å²) < 4.78 is 34.8. The number of nitrogens with zero attached hydrogens (tertiary/aromatic N) is 2. The minimum absolute atomic E-state index is 0.0541. The van der Waals surface area contributed by atoms with Crippen LogP contribution >= 0.6 is 0 Å². The molecule has 0 saturated carbocycles. The Balaban J connectivity index is 2.09. The highest BCUT2D eigenvalue weighted by Gasteiger charge is 2.34. The first kappa shape index (κ1) is 31.7. The molecule has 0 spiro atoms. The zero-order chi connectivity index (χ0) is 30.0. The lowest BCUT2D eigenvalue weighted by Crippen LogP contribution is -2.52. The van der Waals surface area contributed by atoms with Crippen molar-refractivity contribution in [3.05, 3.63) is 89.5 Å². The first-order valence-electron chi connectivity index (χ1n) is 14.0. The summed E-state index contributed by atoms with van der Waals surface area (Å²) in [4.78, 5) is 29.0. The molecule has 9 heteroatoms. The zero-order valence-corrected chi connectivity index (χ0v) is 25.4. The maximum Gasteiger partial charge on any atom is 0.264 e. The van der Waals surface area contributed by atoms with Gasteiger partial charge >= 0.3 is 0 Å². The molecule has 2 amide bonds. The fourth-order valence-electron chi connectivity index (χ4n) is 4.55. The van der Waals surface area contributed by atoms with Gasteiger partial charge < -0.3 is 15.0 Å². The molecule has 8 nitrogen and oxygen atoms in total. The van der Waals surface area contributed by atoms with Crippen LogP contribution < -0.4 is 14.4 Å². The van der Waals surface area contributed by atoms with E-state index in [9.17, 15) is 18.0 Å². The molecule has 41 heavy (non-hydrogen) atoms. The molecule has 3 aromatic rings. The standard InChI is InChI=1S/C32H41N3O5S/c1-6-8-20-33-32(37)28(7-2)34(22-26-12-10-9-11-13-26)31(36)23-35(29-21-25(4)16-19-30(29)40-5)41(38,39)27-17-14-24(3)15-18-27/h9-19,21,28H,6-8,20,22-23H2,1-5H3,(H,33,37)/t28-/m0/s1. The Hall–Kier alpha value is -3.85.